The van der Waals surface area contributed by atoms with Gasteiger partial charge in [0.25, 0.3) is 0 Å². The number of fused-ring (bicyclic) bond motifs is 1. The lowest BCUT2D eigenvalue weighted by Crippen LogP contribution is -1.99. The van der Waals surface area contributed by atoms with Crippen LogP contribution in [0.3, 0.4) is 0 Å². The van der Waals surface area contributed by atoms with E-state index in [-0.39, 0.29) is 0 Å². The van der Waals surface area contributed by atoms with Gasteiger partial charge in [0, 0.05) is 50.1 Å². The van der Waals surface area contributed by atoms with E-state index < -0.39 is 0 Å². The molecule has 0 aliphatic heterocycles. The van der Waals surface area contributed by atoms with Crippen molar-refractivity contribution in [2.45, 2.75) is 12.8 Å². The molecule has 1 aliphatic carbocycles. The molecule has 5 aromatic carbocycles. The van der Waals surface area contributed by atoms with Crippen LogP contribution in [0.4, 0.5) is 0 Å². The fourth-order valence-electron chi connectivity index (χ4n) is 6.14. The normalized spacial score (nSPS) is 12.0. The first-order valence-corrected chi connectivity index (χ1v) is 15.2. The van der Waals surface area contributed by atoms with Crippen molar-refractivity contribution in [2.24, 2.45) is 0 Å². The summed E-state index contributed by atoms with van der Waals surface area (Å²) in [5.74, 6) is 2.44. The van der Waals surface area contributed by atoms with Gasteiger partial charge >= 0.3 is 0 Å². The van der Waals surface area contributed by atoms with Crippen molar-refractivity contribution in [3.63, 3.8) is 0 Å². The lowest BCUT2D eigenvalue weighted by molar-refractivity contribution is 0.594. The van der Waals surface area contributed by atoms with Crippen LogP contribution < -0.4 is 0 Å². The Labute approximate surface area is 263 Å². The first-order chi connectivity index (χ1) is 22.3. The summed E-state index contributed by atoms with van der Waals surface area (Å²) >= 11 is 0. The number of furan rings is 1. The molecule has 2 aromatic heterocycles. The van der Waals surface area contributed by atoms with Gasteiger partial charge in [0.2, 0.25) is 0 Å². The van der Waals surface area contributed by atoms with Crippen LogP contribution in [0.15, 0.2) is 144 Å². The highest BCUT2D eigenvalue weighted by molar-refractivity contribution is 5.95. The molecule has 3 heteroatoms. The van der Waals surface area contributed by atoms with Crippen molar-refractivity contribution in [1.29, 1.82) is 0 Å². The molecule has 0 unspecified atom stereocenters. The highest BCUT2D eigenvalue weighted by Gasteiger charge is 2.27. The number of rotatable bonds is 6. The zero-order valence-corrected chi connectivity index (χ0v) is 24.6. The summed E-state index contributed by atoms with van der Waals surface area (Å²) in [6.07, 6.45) is 6.30. The molecule has 7 aromatic rings. The molecule has 0 spiro atoms. The standard InChI is InChI=1S/C42H28N2O/c1-5-16-29(17-6-1)33-26-15-27-36(39(33)41-35-25-14-13-24-34(35)40(45-41)31-20-9-3-10-21-31)38-28-37(30-18-7-2-8-19-30)43-42(44-38)32-22-11-4-12-23-32/h1-5,7-13,15-16,18-24,26-28H,14,25H2. The quantitative estimate of drug-likeness (QED) is 0.198. The van der Waals surface area contributed by atoms with Crippen molar-refractivity contribution < 1.29 is 4.42 Å². The van der Waals surface area contributed by atoms with Crippen LogP contribution in [0.5, 0.6) is 0 Å². The van der Waals surface area contributed by atoms with Crippen molar-refractivity contribution in [1.82, 2.24) is 9.97 Å². The molecule has 0 fully saturated rings. The summed E-state index contributed by atoms with van der Waals surface area (Å²) in [5, 5.41) is 0. The van der Waals surface area contributed by atoms with E-state index in [1.807, 2.05) is 54.6 Å². The predicted molar refractivity (Wildman–Crippen MR) is 182 cm³/mol. The van der Waals surface area contributed by atoms with Crippen LogP contribution in [0.2, 0.25) is 0 Å². The van der Waals surface area contributed by atoms with Crippen molar-refractivity contribution >= 4 is 6.08 Å². The van der Waals surface area contributed by atoms with Crippen LogP contribution in [-0.4, -0.2) is 9.97 Å². The van der Waals surface area contributed by atoms with E-state index in [2.05, 4.69) is 103 Å². The largest absolute Gasteiger partial charge is 0.455 e. The maximum Gasteiger partial charge on any atom is 0.160 e. The Balaban J connectivity index is 1.43. The van der Waals surface area contributed by atoms with Gasteiger partial charge in [-0.25, -0.2) is 9.97 Å². The number of nitrogens with zero attached hydrogens (tertiary/aromatic N) is 2. The Bertz CT molecular complexity index is 2070. The minimum Gasteiger partial charge on any atom is -0.455 e. The number of hydrogen-bond donors (Lipinski definition) is 0. The third-order valence-electron chi connectivity index (χ3n) is 8.26. The van der Waals surface area contributed by atoms with Gasteiger partial charge in [-0.3, -0.25) is 0 Å². The summed E-state index contributed by atoms with van der Waals surface area (Å²) in [7, 11) is 0. The molecule has 8 rings (SSSR count). The molecule has 0 atom stereocenters. The van der Waals surface area contributed by atoms with Gasteiger partial charge in [0.05, 0.1) is 11.4 Å². The molecule has 45 heavy (non-hydrogen) atoms. The topological polar surface area (TPSA) is 38.9 Å². The van der Waals surface area contributed by atoms with Gasteiger partial charge in [-0.05, 0) is 31.0 Å². The Morgan fingerprint density at radius 1 is 0.600 bits per heavy atom. The summed E-state index contributed by atoms with van der Waals surface area (Å²) in [4.78, 5) is 10.3. The molecule has 0 bridgehead atoms. The molecule has 3 nitrogen and oxygen atoms in total. The van der Waals surface area contributed by atoms with E-state index in [9.17, 15) is 0 Å². The van der Waals surface area contributed by atoms with Gasteiger partial charge in [-0.15, -0.1) is 0 Å². The fraction of sp³-hybridized carbons (Fsp3) is 0.0476. The third-order valence-corrected chi connectivity index (χ3v) is 8.26. The molecule has 0 saturated heterocycles. The van der Waals surface area contributed by atoms with E-state index in [0.29, 0.717) is 5.82 Å². The number of benzene rings is 4. The van der Waals surface area contributed by atoms with Crippen LogP contribution in [0.1, 0.15) is 17.5 Å². The fourth-order valence-corrected chi connectivity index (χ4v) is 6.14. The summed E-state index contributed by atoms with van der Waals surface area (Å²) in [6.45, 7) is 0. The predicted octanol–water partition coefficient (Wildman–Crippen LogP) is 10.6. The van der Waals surface area contributed by atoms with E-state index >= 15 is 0 Å². The first-order valence-electron chi connectivity index (χ1n) is 15.2. The third kappa shape index (κ3) is 5.03. The second-order valence-electron chi connectivity index (χ2n) is 11.1. The van der Waals surface area contributed by atoms with Crippen LogP contribution in [0, 0.1) is 12.1 Å². The van der Waals surface area contributed by atoms with Crippen LogP contribution >= 0.6 is 0 Å². The zero-order chi connectivity index (χ0) is 30.0. The Hall–Kier alpha value is -5.98. The molecule has 2 heterocycles. The highest BCUT2D eigenvalue weighted by atomic mass is 16.3. The maximum absolute atomic E-state index is 6.98. The maximum atomic E-state index is 6.98. The van der Waals surface area contributed by atoms with Crippen LogP contribution in [0.25, 0.3) is 73.8 Å². The van der Waals surface area contributed by atoms with Gasteiger partial charge in [0.1, 0.15) is 11.5 Å². The Kier molecular flexibility index (Phi) is 6.87. The van der Waals surface area contributed by atoms with Crippen molar-refractivity contribution in [3.8, 4) is 67.7 Å². The van der Waals surface area contributed by atoms with Gasteiger partial charge < -0.3 is 4.42 Å². The second kappa shape index (κ2) is 11.6. The molecule has 0 radical (unpaired) electrons. The summed E-state index contributed by atoms with van der Waals surface area (Å²) in [5.41, 5.74) is 11.1. The van der Waals surface area contributed by atoms with Crippen molar-refractivity contribution in [3.05, 3.63) is 163 Å². The Morgan fingerprint density at radius 3 is 2.02 bits per heavy atom. The molecule has 212 valence electrons. The molecular formula is C42H28N2O. The molecule has 0 saturated carbocycles. The van der Waals surface area contributed by atoms with Gasteiger partial charge in [-0.2, -0.15) is 0 Å². The average molecular weight is 577 g/mol. The molecular weight excluding hydrogens is 548 g/mol. The monoisotopic (exact) mass is 576 g/mol. The van der Waals surface area contributed by atoms with Crippen molar-refractivity contribution in [2.75, 3.05) is 0 Å². The number of hydrogen-bond acceptors (Lipinski definition) is 3. The van der Waals surface area contributed by atoms with E-state index in [1.165, 1.54) is 5.56 Å². The lowest BCUT2D eigenvalue weighted by atomic mass is 9.88. The number of aromatic nitrogens is 2. The lowest BCUT2D eigenvalue weighted by Gasteiger charge is -2.16. The molecule has 0 amide bonds. The smallest absolute Gasteiger partial charge is 0.160 e. The summed E-state index contributed by atoms with van der Waals surface area (Å²) in [6, 6.07) is 51.8. The highest BCUT2D eigenvalue weighted by Crippen LogP contribution is 2.47. The molecule has 0 N–H and O–H groups in total. The van der Waals surface area contributed by atoms with Gasteiger partial charge in [-0.1, -0.05) is 140 Å². The van der Waals surface area contributed by atoms with E-state index in [1.54, 1.807) is 0 Å². The SMILES string of the molecule is c1cccc(-c2cccc(-c3cc(-c4ccccc4)nc(-c4ccccc4)n3)c2-c2oc(-c3ccccc3)c3c2CCC=C3)c#1. The summed E-state index contributed by atoms with van der Waals surface area (Å²) < 4.78 is 6.98. The minimum absolute atomic E-state index is 0.678. The van der Waals surface area contributed by atoms with E-state index in [0.717, 1.165) is 80.3 Å². The Morgan fingerprint density at radius 2 is 1.29 bits per heavy atom. The molecule has 1 aliphatic rings. The minimum atomic E-state index is 0.678. The second-order valence-corrected chi connectivity index (χ2v) is 11.1. The first kappa shape index (κ1) is 26.6. The zero-order valence-electron chi connectivity index (χ0n) is 24.6. The van der Waals surface area contributed by atoms with Gasteiger partial charge in [0.15, 0.2) is 5.82 Å². The average Bonchev–Trinajstić information content (AvgIpc) is 3.52. The number of allylic oxidation sites excluding steroid dienone is 1. The van der Waals surface area contributed by atoms with E-state index in [4.69, 9.17) is 14.4 Å². The van der Waals surface area contributed by atoms with Crippen LogP contribution in [-0.2, 0) is 6.42 Å².